The Bertz CT molecular complexity index is 447. The molecule has 0 radical (unpaired) electrons. The van der Waals surface area contributed by atoms with Gasteiger partial charge in [0.15, 0.2) is 0 Å². The van der Waals surface area contributed by atoms with E-state index in [4.69, 9.17) is 0 Å². The molecule has 1 heteroatoms. The van der Waals surface area contributed by atoms with E-state index in [0.717, 1.165) is 16.7 Å². The largest absolute Gasteiger partial charge is 0.508 e. The fourth-order valence-corrected chi connectivity index (χ4v) is 1.51. The molecule has 0 saturated carbocycles. The number of phenolic OH excluding ortho intramolecular Hbond substituents is 1. The number of allylic oxidation sites excluding steroid dienone is 4. The summed E-state index contributed by atoms with van der Waals surface area (Å²) in [5.74, 6) is 0.285. The third-order valence-corrected chi connectivity index (χ3v) is 2.96. The van der Waals surface area contributed by atoms with Crippen molar-refractivity contribution in [2.75, 3.05) is 0 Å². The lowest BCUT2D eigenvalue weighted by Crippen LogP contribution is -2.18. The number of rotatable bonds is 4. The van der Waals surface area contributed by atoms with Crippen LogP contribution in [0.3, 0.4) is 0 Å². The van der Waals surface area contributed by atoms with Gasteiger partial charge in [0.2, 0.25) is 0 Å². The van der Waals surface area contributed by atoms with E-state index < -0.39 is 0 Å². The lowest BCUT2D eigenvalue weighted by atomic mass is 9.78. The molecule has 0 fully saturated rings. The van der Waals surface area contributed by atoms with Crippen molar-refractivity contribution in [3.05, 3.63) is 66.3 Å². The van der Waals surface area contributed by atoms with Crippen molar-refractivity contribution in [1.29, 1.82) is 0 Å². The van der Waals surface area contributed by atoms with E-state index in [1.165, 1.54) is 0 Å². The van der Waals surface area contributed by atoms with E-state index in [0.29, 0.717) is 0 Å². The molecule has 0 aliphatic rings. The number of benzene rings is 1. The van der Waals surface area contributed by atoms with Crippen LogP contribution in [0.4, 0.5) is 0 Å². The van der Waals surface area contributed by atoms with Gasteiger partial charge in [-0.15, -0.1) is 0 Å². The summed E-state index contributed by atoms with van der Waals surface area (Å²) in [6.45, 7) is 18.1. The van der Waals surface area contributed by atoms with Gasteiger partial charge < -0.3 is 5.11 Å². The van der Waals surface area contributed by atoms with E-state index in [1.807, 2.05) is 45.1 Å². The van der Waals surface area contributed by atoms with Gasteiger partial charge in [-0.1, -0.05) is 70.7 Å². The fourth-order valence-electron chi connectivity index (χ4n) is 1.51. The molecule has 0 amide bonds. The Morgan fingerprint density at radius 1 is 1.05 bits per heavy atom. The van der Waals surface area contributed by atoms with Crippen LogP contribution in [-0.4, -0.2) is 5.11 Å². The summed E-state index contributed by atoms with van der Waals surface area (Å²) in [4.78, 5) is 0. The minimum atomic E-state index is -0.153. The summed E-state index contributed by atoms with van der Waals surface area (Å²) >= 11 is 0. The van der Waals surface area contributed by atoms with Gasteiger partial charge in [-0.2, -0.15) is 0 Å². The van der Waals surface area contributed by atoms with Gasteiger partial charge in [0.25, 0.3) is 0 Å². The summed E-state index contributed by atoms with van der Waals surface area (Å²) in [6.07, 6.45) is 3.96. The average Bonchev–Trinajstić information content (AvgIpc) is 2.38. The molecular formula is C18H26O. The molecule has 0 atom stereocenters. The van der Waals surface area contributed by atoms with Crippen LogP contribution in [0.1, 0.15) is 40.2 Å². The molecule has 104 valence electrons. The first-order valence-corrected chi connectivity index (χ1v) is 6.66. The lowest BCUT2D eigenvalue weighted by molar-refractivity contribution is 0.474. The van der Waals surface area contributed by atoms with Crippen molar-refractivity contribution in [3.63, 3.8) is 0 Å². The van der Waals surface area contributed by atoms with E-state index in [9.17, 15) is 5.11 Å². The molecule has 1 rings (SSSR count). The zero-order valence-electron chi connectivity index (χ0n) is 12.8. The summed E-state index contributed by atoms with van der Waals surface area (Å²) < 4.78 is 0. The first kappa shape index (κ1) is 17.2. The van der Waals surface area contributed by atoms with Gasteiger partial charge >= 0.3 is 0 Å². The Labute approximate surface area is 118 Å². The van der Waals surface area contributed by atoms with E-state index in [2.05, 4.69) is 27.0 Å². The smallest absolute Gasteiger partial charge is 0.115 e. The summed E-state index contributed by atoms with van der Waals surface area (Å²) in [6, 6.07) is 7.25. The Morgan fingerprint density at radius 3 is 1.95 bits per heavy atom. The van der Waals surface area contributed by atoms with E-state index in [-0.39, 0.29) is 11.2 Å². The molecule has 1 nitrogen and oxygen atoms in total. The highest BCUT2D eigenvalue weighted by atomic mass is 16.3. The summed E-state index contributed by atoms with van der Waals surface area (Å²) in [5, 5.41) is 9.29. The highest BCUT2D eigenvalue weighted by molar-refractivity contribution is 5.41. The summed E-state index contributed by atoms with van der Waals surface area (Å²) in [5.41, 5.74) is 3.00. The van der Waals surface area contributed by atoms with Gasteiger partial charge in [-0.25, -0.2) is 0 Å². The normalized spacial score (nSPS) is 10.8. The third kappa shape index (κ3) is 5.17. The summed E-state index contributed by atoms with van der Waals surface area (Å²) in [7, 11) is 0. The molecule has 0 aromatic heterocycles. The van der Waals surface area contributed by atoms with Crippen LogP contribution < -0.4 is 0 Å². The number of phenols is 1. The quantitative estimate of drug-likeness (QED) is 0.718. The lowest BCUT2D eigenvalue weighted by Gasteiger charge is -2.26. The average molecular weight is 258 g/mol. The second-order valence-corrected chi connectivity index (χ2v) is 4.88. The third-order valence-electron chi connectivity index (χ3n) is 2.96. The Kier molecular flexibility index (Phi) is 6.92. The maximum Gasteiger partial charge on any atom is 0.115 e. The topological polar surface area (TPSA) is 20.2 Å². The maximum absolute atomic E-state index is 9.29. The molecule has 0 unspecified atom stereocenters. The SMILES string of the molecule is C=C(C)/C=C\C(=C)C(C)(C)c1ccc(O)cc1.CC. The van der Waals surface area contributed by atoms with E-state index >= 15 is 0 Å². The zero-order chi connectivity index (χ0) is 15.1. The first-order chi connectivity index (χ1) is 8.84. The molecule has 0 saturated heterocycles. The van der Waals surface area contributed by atoms with Crippen LogP contribution in [0.15, 0.2) is 60.7 Å². The minimum Gasteiger partial charge on any atom is -0.508 e. The fraction of sp³-hybridized carbons (Fsp3) is 0.333. The molecule has 19 heavy (non-hydrogen) atoms. The predicted octanol–water partition coefficient (Wildman–Crippen LogP) is 5.38. The molecule has 0 bridgehead atoms. The minimum absolute atomic E-state index is 0.153. The number of hydrogen-bond acceptors (Lipinski definition) is 1. The molecular weight excluding hydrogens is 232 g/mol. The van der Waals surface area contributed by atoms with Crippen molar-refractivity contribution in [2.45, 2.75) is 40.0 Å². The number of hydrogen-bond donors (Lipinski definition) is 1. The molecule has 1 aromatic rings. The second-order valence-electron chi connectivity index (χ2n) is 4.88. The van der Waals surface area contributed by atoms with Gasteiger partial charge in [0.05, 0.1) is 0 Å². The van der Waals surface area contributed by atoms with Crippen LogP contribution in [0.5, 0.6) is 5.75 Å². The molecule has 0 spiro atoms. The van der Waals surface area contributed by atoms with Crippen LogP contribution in [0.25, 0.3) is 0 Å². The van der Waals surface area contributed by atoms with Crippen molar-refractivity contribution < 1.29 is 5.11 Å². The Morgan fingerprint density at radius 2 is 1.53 bits per heavy atom. The van der Waals surface area contributed by atoms with Crippen LogP contribution in [-0.2, 0) is 5.41 Å². The van der Waals surface area contributed by atoms with Gasteiger partial charge in [-0.05, 0) is 30.2 Å². The second kappa shape index (κ2) is 7.63. The highest BCUT2D eigenvalue weighted by Gasteiger charge is 2.22. The molecule has 0 heterocycles. The standard InChI is InChI=1S/C16H20O.C2H6/c1-12(2)6-7-13(3)16(4,5)14-8-10-15(17)11-9-14;1-2/h6-11,17H,1,3H2,2,4-5H3;1-2H3/b7-6-;. The number of aromatic hydroxyl groups is 1. The Balaban J connectivity index is 0.00000154. The van der Waals surface area contributed by atoms with Crippen molar-refractivity contribution >= 4 is 0 Å². The van der Waals surface area contributed by atoms with Crippen molar-refractivity contribution in [3.8, 4) is 5.75 Å². The van der Waals surface area contributed by atoms with Gasteiger partial charge in [0.1, 0.15) is 5.75 Å². The molecule has 0 aliphatic carbocycles. The first-order valence-electron chi connectivity index (χ1n) is 6.66. The molecule has 1 N–H and O–H groups in total. The zero-order valence-corrected chi connectivity index (χ0v) is 12.8. The monoisotopic (exact) mass is 258 g/mol. The highest BCUT2D eigenvalue weighted by Crippen LogP contribution is 2.32. The molecule has 0 aliphatic heterocycles. The van der Waals surface area contributed by atoms with E-state index in [1.54, 1.807) is 12.1 Å². The van der Waals surface area contributed by atoms with Crippen molar-refractivity contribution in [2.24, 2.45) is 0 Å². The van der Waals surface area contributed by atoms with Gasteiger partial charge in [0, 0.05) is 5.41 Å². The Hall–Kier alpha value is -1.76. The van der Waals surface area contributed by atoms with Gasteiger partial charge in [-0.3, -0.25) is 0 Å². The predicted molar refractivity (Wildman–Crippen MR) is 85.6 cm³/mol. The molecule has 1 aromatic carbocycles. The van der Waals surface area contributed by atoms with Crippen molar-refractivity contribution in [1.82, 2.24) is 0 Å². The van der Waals surface area contributed by atoms with Crippen LogP contribution in [0.2, 0.25) is 0 Å². The maximum atomic E-state index is 9.29. The van der Waals surface area contributed by atoms with Crippen LogP contribution in [0, 0.1) is 0 Å². The van der Waals surface area contributed by atoms with Crippen LogP contribution >= 0.6 is 0 Å².